The lowest BCUT2D eigenvalue weighted by atomic mass is 10.1. The van der Waals surface area contributed by atoms with Gasteiger partial charge in [-0.05, 0) is 6.42 Å². The maximum absolute atomic E-state index is 11.3. The second kappa shape index (κ2) is 5.07. The molecule has 1 atom stereocenters. The van der Waals surface area contributed by atoms with Gasteiger partial charge in [0.1, 0.15) is 0 Å². The van der Waals surface area contributed by atoms with Crippen LogP contribution in [0.5, 0.6) is 0 Å². The number of carbonyl (C=O) groups is 1. The van der Waals surface area contributed by atoms with Crippen LogP contribution >= 0.6 is 0 Å². The fourth-order valence-electron chi connectivity index (χ4n) is 1.69. The molecule has 1 aliphatic heterocycles. The van der Waals surface area contributed by atoms with E-state index in [2.05, 4.69) is 12.2 Å². The summed E-state index contributed by atoms with van der Waals surface area (Å²) in [5.41, 5.74) is 0. The molecule has 13 heavy (non-hydrogen) atoms. The maximum atomic E-state index is 11.3. The Morgan fingerprint density at radius 2 is 2.46 bits per heavy atom. The molecular formula is C9H18N2O2. The summed E-state index contributed by atoms with van der Waals surface area (Å²) < 4.78 is 5.10. The number of carbonyl (C=O) groups excluding carboxylic acids is 1. The van der Waals surface area contributed by atoms with Gasteiger partial charge in [0.15, 0.2) is 0 Å². The molecule has 1 rings (SSSR count). The third-order valence-electron chi connectivity index (χ3n) is 2.31. The zero-order valence-electron chi connectivity index (χ0n) is 8.38. The average Bonchev–Trinajstić information content (AvgIpc) is 2.51. The monoisotopic (exact) mass is 186 g/mol. The van der Waals surface area contributed by atoms with Gasteiger partial charge in [0, 0.05) is 20.2 Å². The Hall–Kier alpha value is -0.770. The number of ether oxygens (including phenoxy) is 1. The van der Waals surface area contributed by atoms with Gasteiger partial charge in [-0.15, -0.1) is 0 Å². The highest BCUT2D eigenvalue weighted by Gasteiger charge is 2.26. The highest BCUT2D eigenvalue weighted by molar-refractivity contribution is 5.76. The van der Waals surface area contributed by atoms with Crippen molar-refractivity contribution in [3.05, 3.63) is 0 Å². The van der Waals surface area contributed by atoms with Gasteiger partial charge in [-0.1, -0.05) is 13.3 Å². The minimum Gasteiger partial charge on any atom is -0.383 e. The average molecular weight is 186 g/mol. The summed E-state index contributed by atoms with van der Waals surface area (Å²) in [4.78, 5) is 13.2. The Morgan fingerprint density at radius 1 is 1.69 bits per heavy atom. The largest absolute Gasteiger partial charge is 0.383 e. The topological polar surface area (TPSA) is 41.6 Å². The Bertz CT molecular complexity index is 167. The van der Waals surface area contributed by atoms with Crippen LogP contribution in [0.25, 0.3) is 0 Å². The molecule has 1 heterocycles. The Kier molecular flexibility index (Phi) is 4.02. The molecular weight excluding hydrogens is 168 g/mol. The van der Waals surface area contributed by atoms with E-state index in [1.54, 1.807) is 7.11 Å². The highest BCUT2D eigenvalue weighted by Crippen LogP contribution is 2.10. The summed E-state index contributed by atoms with van der Waals surface area (Å²) in [6.45, 7) is 4.34. The summed E-state index contributed by atoms with van der Waals surface area (Å²) in [5.74, 6) is 0. The second-order valence-electron chi connectivity index (χ2n) is 3.32. The number of rotatable bonds is 5. The summed E-state index contributed by atoms with van der Waals surface area (Å²) in [7, 11) is 1.68. The molecule has 4 nitrogen and oxygen atoms in total. The van der Waals surface area contributed by atoms with Gasteiger partial charge >= 0.3 is 6.03 Å². The van der Waals surface area contributed by atoms with Crippen LogP contribution in [0.2, 0.25) is 0 Å². The van der Waals surface area contributed by atoms with Gasteiger partial charge in [0.25, 0.3) is 0 Å². The molecule has 0 aromatic carbocycles. The Labute approximate surface area is 79.2 Å². The quantitative estimate of drug-likeness (QED) is 0.691. The SMILES string of the molecule is CCCC(COC)N1CCNC1=O. The first-order valence-corrected chi connectivity index (χ1v) is 4.83. The van der Waals surface area contributed by atoms with Crippen LogP contribution in [-0.4, -0.2) is 43.8 Å². The van der Waals surface area contributed by atoms with Crippen LogP contribution in [0, 0.1) is 0 Å². The number of amides is 2. The van der Waals surface area contributed by atoms with Crippen LogP contribution in [0.4, 0.5) is 4.79 Å². The van der Waals surface area contributed by atoms with Crippen LogP contribution < -0.4 is 5.32 Å². The van der Waals surface area contributed by atoms with E-state index in [0.717, 1.165) is 25.9 Å². The van der Waals surface area contributed by atoms with E-state index >= 15 is 0 Å². The summed E-state index contributed by atoms with van der Waals surface area (Å²) in [5, 5.41) is 2.80. The standard InChI is InChI=1S/C9H18N2O2/c1-3-4-8(7-13-2)11-6-5-10-9(11)12/h8H,3-7H2,1-2H3,(H,10,12). The number of nitrogens with one attached hydrogen (secondary N) is 1. The molecule has 4 heteroatoms. The number of nitrogens with zero attached hydrogens (tertiary/aromatic N) is 1. The van der Waals surface area contributed by atoms with Crippen LogP contribution in [0.15, 0.2) is 0 Å². The van der Waals surface area contributed by atoms with Crippen molar-refractivity contribution >= 4 is 6.03 Å². The van der Waals surface area contributed by atoms with Gasteiger partial charge in [-0.25, -0.2) is 4.79 Å². The highest BCUT2D eigenvalue weighted by atomic mass is 16.5. The third-order valence-corrected chi connectivity index (χ3v) is 2.31. The van der Waals surface area contributed by atoms with E-state index in [9.17, 15) is 4.79 Å². The minimum absolute atomic E-state index is 0.0514. The van der Waals surface area contributed by atoms with E-state index in [-0.39, 0.29) is 12.1 Å². The number of methoxy groups -OCH3 is 1. The van der Waals surface area contributed by atoms with Crippen LogP contribution in [0.1, 0.15) is 19.8 Å². The van der Waals surface area contributed by atoms with Gasteiger partial charge in [0.05, 0.1) is 12.6 Å². The molecule has 0 bridgehead atoms. The van der Waals surface area contributed by atoms with Crippen molar-refractivity contribution in [2.45, 2.75) is 25.8 Å². The first-order valence-electron chi connectivity index (χ1n) is 4.83. The fraction of sp³-hybridized carbons (Fsp3) is 0.889. The Balaban J connectivity index is 2.47. The predicted octanol–water partition coefficient (Wildman–Crippen LogP) is 0.827. The molecule has 1 unspecified atom stereocenters. The van der Waals surface area contributed by atoms with E-state index in [1.165, 1.54) is 0 Å². The van der Waals surface area contributed by atoms with Crippen molar-refractivity contribution < 1.29 is 9.53 Å². The minimum atomic E-state index is 0.0514. The second-order valence-corrected chi connectivity index (χ2v) is 3.32. The van der Waals surface area contributed by atoms with Gasteiger partial charge in [-0.2, -0.15) is 0 Å². The molecule has 76 valence electrons. The molecule has 0 aromatic rings. The maximum Gasteiger partial charge on any atom is 0.317 e. The first kappa shape index (κ1) is 10.3. The first-order chi connectivity index (χ1) is 6.29. The summed E-state index contributed by atoms with van der Waals surface area (Å²) >= 11 is 0. The van der Waals surface area contributed by atoms with E-state index < -0.39 is 0 Å². The van der Waals surface area contributed by atoms with Crippen molar-refractivity contribution in [3.63, 3.8) is 0 Å². The molecule has 1 aliphatic rings. The molecule has 1 saturated heterocycles. The van der Waals surface area contributed by atoms with Gasteiger partial charge in [0.2, 0.25) is 0 Å². The fourth-order valence-corrected chi connectivity index (χ4v) is 1.69. The van der Waals surface area contributed by atoms with Crippen molar-refractivity contribution in [3.8, 4) is 0 Å². The summed E-state index contributed by atoms with van der Waals surface area (Å²) in [6.07, 6.45) is 2.10. The molecule has 0 radical (unpaired) electrons. The smallest absolute Gasteiger partial charge is 0.317 e. The van der Waals surface area contributed by atoms with Crippen molar-refractivity contribution in [2.75, 3.05) is 26.8 Å². The molecule has 1 fully saturated rings. The van der Waals surface area contributed by atoms with Crippen molar-refractivity contribution in [1.82, 2.24) is 10.2 Å². The van der Waals surface area contributed by atoms with Gasteiger partial charge < -0.3 is 15.0 Å². The number of urea groups is 1. The zero-order valence-corrected chi connectivity index (χ0v) is 8.38. The Morgan fingerprint density at radius 3 is 2.92 bits per heavy atom. The predicted molar refractivity (Wildman–Crippen MR) is 50.7 cm³/mol. The number of hydrogen-bond donors (Lipinski definition) is 1. The number of hydrogen-bond acceptors (Lipinski definition) is 2. The van der Waals surface area contributed by atoms with Crippen LogP contribution in [-0.2, 0) is 4.74 Å². The lowest BCUT2D eigenvalue weighted by Gasteiger charge is -2.25. The lowest BCUT2D eigenvalue weighted by molar-refractivity contribution is 0.111. The molecule has 0 aliphatic carbocycles. The normalized spacial score (nSPS) is 18.9. The van der Waals surface area contributed by atoms with E-state index in [4.69, 9.17) is 4.74 Å². The molecule has 0 saturated carbocycles. The third kappa shape index (κ3) is 2.59. The molecule has 0 spiro atoms. The molecule has 0 aromatic heterocycles. The summed E-state index contributed by atoms with van der Waals surface area (Å²) in [6, 6.07) is 0.299. The van der Waals surface area contributed by atoms with Crippen molar-refractivity contribution in [1.29, 1.82) is 0 Å². The molecule has 1 N–H and O–H groups in total. The van der Waals surface area contributed by atoms with E-state index in [0.29, 0.717) is 6.61 Å². The lowest BCUT2D eigenvalue weighted by Crippen LogP contribution is -2.40. The zero-order chi connectivity index (χ0) is 9.68. The van der Waals surface area contributed by atoms with E-state index in [1.807, 2.05) is 4.90 Å². The molecule has 2 amide bonds. The van der Waals surface area contributed by atoms with Crippen LogP contribution in [0.3, 0.4) is 0 Å². The van der Waals surface area contributed by atoms with Gasteiger partial charge in [-0.3, -0.25) is 0 Å². The van der Waals surface area contributed by atoms with Crippen molar-refractivity contribution in [2.24, 2.45) is 0 Å².